The number of hydrogen-bond donors (Lipinski definition) is 1. The molecule has 5 heteroatoms. The number of benzene rings is 1. The average molecular weight is 269 g/mol. The van der Waals surface area contributed by atoms with Gasteiger partial charge in [-0.05, 0) is 24.6 Å². The highest BCUT2D eigenvalue weighted by Gasteiger charge is 2.26. The van der Waals surface area contributed by atoms with Crippen LogP contribution in [0.4, 0.5) is 5.69 Å². The Kier molecular flexibility index (Phi) is 4.09. The maximum Gasteiger partial charge on any atom is 0.254 e. The van der Waals surface area contributed by atoms with E-state index in [1.807, 2.05) is 11.8 Å². The summed E-state index contributed by atoms with van der Waals surface area (Å²) in [7, 11) is 0. The molecule has 0 spiro atoms. The number of carbonyl (C=O) groups is 1. The Balaban J connectivity index is 2.23. The van der Waals surface area contributed by atoms with Gasteiger partial charge in [-0.15, -0.1) is 0 Å². The van der Waals surface area contributed by atoms with Gasteiger partial charge in [0, 0.05) is 22.8 Å². The summed E-state index contributed by atoms with van der Waals surface area (Å²) in [5.41, 5.74) is 6.76. The number of amides is 1. The van der Waals surface area contributed by atoms with Crippen molar-refractivity contribution < 1.29 is 9.53 Å². The fraction of sp³-hybridized carbons (Fsp3) is 0.462. The zero-order chi connectivity index (χ0) is 13.1. The third kappa shape index (κ3) is 2.76. The van der Waals surface area contributed by atoms with Gasteiger partial charge in [0.2, 0.25) is 0 Å². The highest BCUT2D eigenvalue weighted by Crippen LogP contribution is 2.20. The van der Waals surface area contributed by atoms with Crippen LogP contribution in [0.3, 0.4) is 0 Å². The molecule has 1 aromatic carbocycles. The maximum atomic E-state index is 12.4. The van der Waals surface area contributed by atoms with Gasteiger partial charge in [-0.1, -0.05) is 18.5 Å². The first-order valence-electron chi connectivity index (χ1n) is 6.06. The molecule has 98 valence electrons. The van der Waals surface area contributed by atoms with E-state index in [2.05, 4.69) is 0 Å². The van der Waals surface area contributed by atoms with E-state index in [4.69, 9.17) is 22.1 Å². The number of nitrogens with two attached hydrogens (primary N) is 1. The number of halogens is 1. The van der Waals surface area contributed by atoms with Gasteiger partial charge in [-0.3, -0.25) is 4.79 Å². The van der Waals surface area contributed by atoms with Crippen molar-refractivity contribution in [1.82, 2.24) is 4.90 Å². The number of ether oxygens (including phenoxy) is 1. The lowest BCUT2D eigenvalue weighted by molar-refractivity contribution is -0.00279. The molecule has 1 aliphatic heterocycles. The van der Waals surface area contributed by atoms with Gasteiger partial charge in [0.1, 0.15) is 0 Å². The van der Waals surface area contributed by atoms with Gasteiger partial charge in [-0.2, -0.15) is 0 Å². The van der Waals surface area contributed by atoms with E-state index >= 15 is 0 Å². The highest BCUT2D eigenvalue weighted by atomic mass is 35.5. The largest absolute Gasteiger partial charge is 0.399 e. The zero-order valence-corrected chi connectivity index (χ0v) is 11.1. The molecular formula is C13H17ClN2O2. The number of morpholine rings is 1. The van der Waals surface area contributed by atoms with Crippen LogP contribution >= 0.6 is 11.6 Å². The van der Waals surface area contributed by atoms with Gasteiger partial charge >= 0.3 is 0 Å². The molecule has 0 aromatic heterocycles. The fourth-order valence-corrected chi connectivity index (χ4v) is 2.41. The van der Waals surface area contributed by atoms with Gasteiger partial charge in [0.05, 0.1) is 19.3 Å². The van der Waals surface area contributed by atoms with Crippen LogP contribution in [0.1, 0.15) is 23.7 Å². The Bertz CT molecular complexity index is 430. The summed E-state index contributed by atoms with van der Waals surface area (Å²) in [5.74, 6) is -0.0284. The van der Waals surface area contributed by atoms with Crippen LogP contribution < -0.4 is 5.73 Å². The Hall–Kier alpha value is -1.26. The monoisotopic (exact) mass is 268 g/mol. The Labute approximate surface area is 112 Å². The van der Waals surface area contributed by atoms with Crippen molar-refractivity contribution >= 4 is 23.2 Å². The van der Waals surface area contributed by atoms with Crippen LogP contribution in [0, 0.1) is 0 Å². The molecule has 1 amide bonds. The number of hydrogen-bond acceptors (Lipinski definition) is 3. The molecule has 18 heavy (non-hydrogen) atoms. The van der Waals surface area contributed by atoms with Crippen molar-refractivity contribution in [3.05, 3.63) is 28.8 Å². The summed E-state index contributed by atoms with van der Waals surface area (Å²) in [6.07, 6.45) is 0.877. The summed E-state index contributed by atoms with van der Waals surface area (Å²) in [5, 5.41) is 0.486. The molecule has 1 fully saturated rings. The SMILES string of the molecule is CCC1COCCN1C(=O)c1cc(N)cc(Cl)c1. The molecule has 0 aliphatic carbocycles. The quantitative estimate of drug-likeness (QED) is 0.837. The lowest BCUT2D eigenvalue weighted by atomic mass is 10.1. The van der Waals surface area contributed by atoms with Crippen molar-refractivity contribution in [2.75, 3.05) is 25.5 Å². The molecule has 0 bridgehead atoms. The number of carbonyl (C=O) groups excluding carboxylic acids is 1. The first-order valence-corrected chi connectivity index (χ1v) is 6.44. The van der Waals surface area contributed by atoms with Gasteiger partial charge in [0.25, 0.3) is 5.91 Å². The second kappa shape index (κ2) is 5.59. The van der Waals surface area contributed by atoms with Crippen molar-refractivity contribution in [3.63, 3.8) is 0 Å². The summed E-state index contributed by atoms with van der Waals surface area (Å²) in [6, 6.07) is 5.08. The van der Waals surface area contributed by atoms with E-state index in [0.717, 1.165) is 6.42 Å². The summed E-state index contributed by atoms with van der Waals surface area (Å²) in [6.45, 7) is 3.84. The number of anilines is 1. The van der Waals surface area contributed by atoms with Gasteiger partial charge in [-0.25, -0.2) is 0 Å². The molecule has 1 atom stereocenters. The molecular weight excluding hydrogens is 252 g/mol. The van der Waals surface area contributed by atoms with Crippen LogP contribution in [0.2, 0.25) is 5.02 Å². The van der Waals surface area contributed by atoms with Crippen LogP contribution in [-0.2, 0) is 4.74 Å². The predicted molar refractivity (Wildman–Crippen MR) is 71.8 cm³/mol. The molecule has 2 rings (SSSR count). The minimum Gasteiger partial charge on any atom is -0.399 e. The first kappa shape index (κ1) is 13.2. The number of rotatable bonds is 2. The molecule has 2 N–H and O–H groups in total. The minimum absolute atomic E-state index is 0.0284. The van der Waals surface area contributed by atoms with Crippen LogP contribution in [0.5, 0.6) is 0 Å². The molecule has 0 radical (unpaired) electrons. The van der Waals surface area contributed by atoms with E-state index < -0.39 is 0 Å². The summed E-state index contributed by atoms with van der Waals surface area (Å²) < 4.78 is 5.39. The Morgan fingerprint density at radius 1 is 1.56 bits per heavy atom. The van der Waals surface area contributed by atoms with Gasteiger partial charge < -0.3 is 15.4 Å². The molecule has 4 nitrogen and oxygen atoms in total. The Morgan fingerprint density at radius 2 is 2.33 bits per heavy atom. The Morgan fingerprint density at radius 3 is 3.00 bits per heavy atom. The zero-order valence-electron chi connectivity index (χ0n) is 10.4. The smallest absolute Gasteiger partial charge is 0.254 e. The van der Waals surface area contributed by atoms with Crippen molar-refractivity contribution in [2.24, 2.45) is 0 Å². The second-order valence-corrected chi connectivity index (χ2v) is 4.85. The lowest BCUT2D eigenvalue weighted by Gasteiger charge is -2.35. The molecule has 1 heterocycles. The van der Waals surface area contributed by atoms with E-state index in [-0.39, 0.29) is 11.9 Å². The van der Waals surface area contributed by atoms with E-state index in [0.29, 0.717) is 36.0 Å². The molecule has 0 saturated carbocycles. The van der Waals surface area contributed by atoms with Crippen molar-refractivity contribution in [3.8, 4) is 0 Å². The predicted octanol–water partition coefficient (Wildman–Crippen LogP) is 2.17. The maximum absolute atomic E-state index is 12.4. The standard InChI is InChI=1S/C13H17ClN2O2/c1-2-12-8-18-4-3-16(12)13(17)9-5-10(14)7-11(15)6-9/h5-7,12H,2-4,8,15H2,1H3. The van der Waals surface area contributed by atoms with E-state index in [1.54, 1.807) is 18.2 Å². The lowest BCUT2D eigenvalue weighted by Crippen LogP contribution is -2.48. The van der Waals surface area contributed by atoms with Crippen LogP contribution in [-0.4, -0.2) is 36.6 Å². The minimum atomic E-state index is -0.0284. The van der Waals surface area contributed by atoms with Crippen molar-refractivity contribution in [2.45, 2.75) is 19.4 Å². The number of nitrogens with zero attached hydrogens (tertiary/aromatic N) is 1. The molecule has 1 aliphatic rings. The average Bonchev–Trinajstić information content (AvgIpc) is 2.36. The summed E-state index contributed by atoms with van der Waals surface area (Å²) in [4.78, 5) is 14.3. The summed E-state index contributed by atoms with van der Waals surface area (Å²) >= 11 is 5.93. The first-order chi connectivity index (χ1) is 8.61. The van der Waals surface area contributed by atoms with Crippen LogP contribution in [0.15, 0.2) is 18.2 Å². The fourth-order valence-electron chi connectivity index (χ4n) is 2.16. The van der Waals surface area contributed by atoms with Crippen LogP contribution in [0.25, 0.3) is 0 Å². The van der Waals surface area contributed by atoms with Gasteiger partial charge in [0.15, 0.2) is 0 Å². The molecule has 1 unspecified atom stereocenters. The molecule has 1 saturated heterocycles. The molecule has 1 aromatic rings. The topological polar surface area (TPSA) is 55.6 Å². The van der Waals surface area contributed by atoms with E-state index in [1.165, 1.54) is 0 Å². The normalized spacial score (nSPS) is 19.9. The van der Waals surface area contributed by atoms with Crippen molar-refractivity contribution in [1.29, 1.82) is 0 Å². The third-order valence-electron chi connectivity index (χ3n) is 3.13. The van der Waals surface area contributed by atoms with E-state index in [9.17, 15) is 4.79 Å². The second-order valence-electron chi connectivity index (χ2n) is 4.41. The third-order valence-corrected chi connectivity index (χ3v) is 3.34. The number of nitrogen functional groups attached to an aromatic ring is 1. The highest BCUT2D eigenvalue weighted by molar-refractivity contribution is 6.31.